The predicted octanol–water partition coefficient (Wildman–Crippen LogP) is 2.33. The van der Waals surface area contributed by atoms with Crippen molar-refractivity contribution in [3.63, 3.8) is 0 Å². The third kappa shape index (κ3) is 6.01. The van der Waals surface area contributed by atoms with E-state index in [9.17, 15) is 18.0 Å². The SMILES string of the molecule is COc1ccc(C(=O)NCCS(=O)(=O)c2ccccc2)cc1NC(=O)Nc1cnccn1. The number of methoxy groups -OCH3 is 1. The van der Waals surface area contributed by atoms with Gasteiger partial charge in [0.15, 0.2) is 15.7 Å². The summed E-state index contributed by atoms with van der Waals surface area (Å²) in [5, 5.41) is 7.68. The van der Waals surface area contributed by atoms with Crippen molar-refractivity contribution in [1.29, 1.82) is 0 Å². The lowest BCUT2D eigenvalue weighted by Crippen LogP contribution is -2.29. The van der Waals surface area contributed by atoms with E-state index in [1.54, 1.807) is 18.2 Å². The van der Waals surface area contributed by atoms with Crippen molar-refractivity contribution in [2.75, 3.05) is 30.0 Å². The number of hydrogen-bond donors (Lipinski definition) is 3. The zero-order valence-corrected chi connectivity index (χ0v) is 17.9. The van der Waals surface area contributed by atoms with Gasteiger partial charge in [-0.25, -0.2) is 18.2 Å². The van der Waals surface area contributed by atoms with Gasteiger partial charge in [0.05, 0.1) is 29.6 Å². The summed E-state index contributed by atoms with van der Waals surface area (Å²) in [6, 6.07) is 11.9. The van der Waals surface area contributed by atoms with Gasteiger partial charge in [-0.1, -0.05) is 18.2 Å². The fourth-order valence-corrected chi connectivity index (χ4v) is 3.91. The van der Waals surface area contributed by atoms with Crippen LogP contribution in [0.15, 0.2) is 72.0 Å². The average Bonchev–Trinajstić information content (AvgIpc) is 2.80. The minimum Gasteiger partial charge on any atom is -0.495 e. The number of rotatable bonds is 8. The highest BCUT2D eigenvalue weighted by Gasteiger charge is 2.16. The quantitative estimate of drug-likeness (QED) is 0.474. The molecule has 0 atom stereocenters. The Morgan fingerprint density at radius 2 is 1.81 bits per heavy atom. The van der Waals surface area contributed by atoms with Crippen LogP contribution in [-0.2, 0) is 9.84 Å². The molecular weight excluding hydrogens is 434 g/mol. The largest absolute Gasteiger partial charge is 0.495 e. The van der Waals surface area contributed by atoms with Gasteiger partial charge in [0.2, 0.25) is 0 Å². The number of urea groups is 1. The summed E-state index contributed by atoms with van der Waals surface area (Å²) >= 11 is 0. The van der Waals surface area contributed by atoms with E-state index in [1.807, 2.05) is 0 Å². The van der Waals surface area contributed by atoms with Gasteiger partial charge in [0.25, 0.3) is 5.91 Å². The molecule has 1 heterocycles. The summed E-state index contributed by atoms with van der Waals surface area (Å²) < 4.78 is 29.9. The van der Waals surface area contributed by atoms with Crippen LogP contribution >= 0.6 is 0 Å². The number of aromatic nitrogens is 2. The Morgan fingerprint density at radius 3 is 2.50 bits per heavy atom. The molecule has 0 fully saturated rings. The molecule has 0 bridgehead atoms. The molecule has 0 aliphatic carbocycles. The Morgan fingerprint density at radius 1 is 1.03 bits per heavy atom. The second-order valence-electron chi connectivity index (χ2n) is 6.47. The van der Waals surface area contributed by atoms with Crippen LogP contribution < -0.4 is 20.7 Å². The molecule has 3 rings (SSSR count). The van der Waals surface area contributed by atoms with Crippen LogP contribution in [0.3, 0.4) is 0 Å². The smallest absolute Gasteiger partial charge is 0.324 e. The molecule has 3 aromatic rings. The Balaban J connectivity index is 1.63. The Bertz CT molecular complexity index is 1190. The van der Waals surface area contributed by atoms with Crippen molar-refractivity contribution in [3.8, 4) is 5.75 Å². The van der Waals surface area contributed by atoms with Crippen LogP contribution in [0.2, 0.25) is 0 Å². The molecule has 10 nitrogen and oxygen atoms in total. The molecule has 3 N–H and O–H groups in total. The number of carbonyl (C=O) groups is 2. The van der Waals surface area contributed by atoms with Gasteiger partial charge < -0.3 is 15.4 Å². The summed E-state index contributed by atoms with van der Waals surface area (Å²) in [5.41, 5.74) is 0.469. The Labute approximate surface area is 185 Å². The Kier molecular flexibility index (Phi) is 7.34. The van der Waals surface area contributed by atoms with Gasteiger partial charge in [0, 0.05) is 24.5 Å². The van der Waals surface area contributed by atoms with Crippen LogP contribution in [0.5, 0.6) is 5.75 Å². The number of sulfone groups is 1. The van der Waals surface area contributed by atoms with E-state index >= 15 is 0 Å². The van der Waals surface area contributed by atoms with Crippen LogP contribution in [0, 0.1) is 0 Å². The van der Waals surface area contributed by atoms with Crippen LogP contribution in [-0.4, -0.2) is 49.7 Å². The third-order valence-corrected chi connectivity index (χ3v) is 6.01. The summed E-state index contributed by atoms with van der Waals surface area (Å²) in [4.78, 5) is 32.7. The van der Waals surface area contributed by atoms with E-state index in [2.05, 4.69) is 25.9 Å². The van der Waals surface area contributed by atoms with Crippen molar-refractivity contribution in [2.24, 2.45) is 0 Å². The standard InChI is InChI=1S/C21H21N5O5S/c1-31-18-8-7-15(13-17(18)25-21(28)26-19-14-22-9-10-23-19)20(27)24-11-12-32(29,30)16-5-3-2-4-6-16/h2-10,13-14H,11-12H2,1H3,(H,24,27)(H2,23,25,26,28). The van der Waals surface area contributed by atoms with Crippen molar-refractivity contribution in [1.82, 2.24) is 15.3 Å². The van der Waals surface area contributed by atoms with E-state index < -0.39 is 21.8 Å². The highest BCUT2D eigenvalue weighted by atomic mass is 32.2. The number of amides is 3. The lowest BCUT2D eigenvalue weighted by Gasteiger charge is -2.13. The maximum Gasteiger partial charge on any atom is 0.324 e. The minimum absolute atomic E-state index is 0.0714. The van der Waals surface area contributed by atoms with Crippen molar-refractivity contribution < 1.29 is 22.7 Å². The first kappa shape index (κ1) is 22.7. The number of nitrogens with one attached hydrogen (secondary N) is 3. The normalized spacial score (nSPS) is 10.8. The molecule has 0 unspecified atom stereocenters. The zero-order chi connectivity index (χ0) is 23.0. The summed E-state index contributed by atoms with van der Waals surface area (Å²) in [6.07, 6.45) is 4.28. The van der Waals surface area contributed by atoms with Crippen molar-refractivity contribution >= 4 is 33.3 Å². The number of benzene rings is 2. The lowest BCUT2D eigenvalue weighted by molar-refractivity contribution is 0.0956. The maximum absolute atomic E-state index is 12.5. The lowest BCUT2D eigenvalue weighted by atomic mass is 10.1. The second kappa shape index (κ2) is 10.4. The molecule has 3 amide bonds. The molecule has 2 aromatic carbocycles. The van der Waals surface area contributed by atoms with Gasteiger partial charge in [-0.15, -0.1) is 0 Å². The fraction of sp³-hybridized carbons (Fsp3) is 0.143. The Hall–Kier alpha value is -3.99. The van der Waals surface area contributed by atoms with Gasteiger partial charge >= 0.3 is 6.03 Å². The fourth-order valence-electron chi connectivity index (χ4n) is 2.73. The average molecular weight is 455 g/mol. The first-order chi connectivity index (χ1) is 15.4. The molecule has 0 saturated carbocycles. The molecule has 0 spiro atoms. The number of nitrogens with zero attached hydrogens (tertiary/aromatic N) is 2. The topological polar surface area (TPSA) is 139 Å². The van der Waals surface area contributed by atoms with Gasteiger partial charge in [-0.3, -0.25) is 15.1 Å². The predicted molar refractivity (Wildman–Crippen MR) is 118 cm³/mol. The molecule has 32 heavy (non-hydrogen) atoms. The van der Waals surface area contributed by atoms with Crippen LogP contribution in [0.4, 0.5) is 16.3 Å². The molecule has 0 saturated heterocycles. The highest BCUT2D eigenvalue weighted by Crippen LogP contribution is 2.25. The van der Waals surface area contributed by atoms with Gasteiger partial charge in [-0.2, -0.15) is 0 Å². The maximum atomic E-state index is 12.5. The molecule has 166 valence electrons. The number of carbonyl (C=O) groups excluding carboxylic acids is 2. The molecular formula is C21H21N5O5S. The molecule has 1 aromatic heterocycles. The molecule has 0 aliphatic heterocycles. The summed E-state index contributed by atoms with van der Waals surface area (Å²) in [6.45, 7) is -0.0714. The minimum atomic E-state index is -3.51. The van der Waals surface area contributed by atoms with Crippen molar-refractivity contribution in [2.45, 2.75) is 4.90 Å². The molecule has 11 heteroatoms. The second-order valence-corrected chi connectivity index (χ2v) is 8.58. The zero-order valence-electron chi connectivity index (χ0n) is 17.1. The van der Waals surface area contributed by atoms with E-state index in [4.69, 9.17) is 4.74 Å². The monoisotopic (exact) mass is 455 g/mol. The highest BCUT2D eigenvalue weighted by molar-refractivity contribution is 7.91. The van der Waals surface area contributed by atoms with E-state index in [-0.39, 0.29) is 34.3 Å². The third-order valence-electron chi connectivity index (χ3n) is 4.27. The molecule has 0 radical (unpaired) electrons. The van der Waals surface area contributed by atoms with E-state index in [1.165, 1.54) is 56.0 Å². The molecule has 0 aliphatic rings. The van der Waals surface area contributed by atoms with E-state index in [0.29, 0.717) is 5.75 Å². The number of hydrogen-bond acceptors (Lipinski definition) is 7. The summed E-state index contributed by atoms with van der Waals surface area (Å²) in [7, 11) is -2.09. The van der Waals surface area contributed by atoms with E-state index in [0.717, 1.165) is 0 Å². The van der Waals surface area contributed by atoms with Crippen LogP contribution in [0.25, 0.3) is 0 Å². The first-order valence-electron chi connectivity index (χ1n) is 9.47. The summed E-state index contributed by atoms with van der Waals surface area (Å²) in [5.74, 6) is -0.154. The van der Waals surface area contributed by atoms with Crippen LogP contribution in [0.1, 0.15) is 10.4 Å². The first-order valence-corrected chi connectivity index (χ1v) is 11.1. The van der Waals surface area contributed by atoms with Gasteiger partial charge in [0.1, 0.15) is 5.75 Å². The number of ether oxygens (including phenoxy) is 1. The number of anilines is 2. The van der Waals surface area contributed by atoms with Gasteiger partial charge in [-0.05, 0) is 30.3 Å². The van der Waals surface area contributed by atoms with Crippen molar-refractivity contribution in [3.05, 3.63) is 72.7 Å².